The number of nitro groups is 1. The lowest BCUT2D eigenvalue weighted by atomic mass is 10.1. The molecule has 1 aliphatic rings. The van der Waals surface area contributed by atoms with Gasteiger partial charge >= 0.3 is 0 Å². The van der Waals surface area contributed by atoms with Gasteiger partial charge in [0.2, 0.25) is 5.91 Å². The fourth-order valence-corrected chi connectivity index (χ4v) is 2.37. The number of hydrogen-bond donors (Lipinski definition) is 0. The minimum Gasteiger partial charge on any atom is -0.311 e. The van der Waals surface area contributed by atoms with Gasteiger partial charge in [-0.25, -0.2) is 0 Å². The molecule has 0 saturated carbocycles. The SMILES string of the molecule is Cc1cc(N2CCC(Br)C2=O)ccc1[N+](=O)[O-]. The van der Waals surface area contributed by atoms with E-state index in [9.17, 15) is 14.9 Å². The van der Waals surface area contributed by atoms with Gasteiger partial charge in [-0.1, -0.05) is 15.9 Å². The van der Waals surface area contributed by atoms with Gasteiger partial charge in [0, 0.05) is 23.9 Å². The van der Waals surface area contributed by atoms with Gasteiger partial charge in [-0.15, -0.1) is 0 Å². The van der Waals surface area contributed by atoms with Crippen LogP contribution in [-0.2, 0) is 4.79 Å². The predicted molar refractivity (Wildman–Crippen MR) is 67.5 cm³/mol. The normalized spacial score (nSPS) is 19.8. The number of rotatable bonds is 2. The van der Waals surface area contributed by atoms with Crippen molar-refractivity contribution in [3.63, 3.8) is 0 Å². The van der Waals surface area contributed by atoms with Crippen molar-refractivity contribution in [2.45, 2.75) is 18.2 Å². The second-order valence-electron chi connectivity index (χ2n) is 3.97. The van der Waals surface area contributed by atoms with Crippen LogP contribution in [0.25, 0.3) is 0 Å². The standard InChI is InChI=1S/C11H11BrN2O3/c1-7-6-8(2-3-10(7)14(16)17)13-5-4-9(12)11(13)15/h2-3,6,9H,4-5H2,1H3. The van der Waals surface area contributed by atoms with E-state index >= 15 is 0 Å². The molecule has 1 aliphatic heterocycles. The molecule has 1 atom stereocenters. The average molecular weight is 299 g/mol. The van der Waals surface area contributed by atoms with Crippen molar-refractivity contribution < 1.29 is 9.72 Å². The second-order valence-corrected chi connectivity index (χ2v) is 5.08. The smallest absolute Gasteiger partial charge is 0.272 e. The molecule has 6 heteroatoms. The summed E-state index contributed by atoms with van der Waals surface area (Å²) in [6, 6.07) is 4.74. The Labute approximate surface area is 107 Å². The molecule has 1 unspecified atom stereocenters. The number of anilines is 1. The van der Waals surface area contributed by atoms with Crippen LogP contribution in [0.4, 0.5) is 11.4 Å². The number of nitro benzene ring substituents is 1. The van der Waals surface area contributed by atoms with Crippen LogP contribution in [-0.4, -0.2) is 22.2 Å². The molecule has 90 valence electrons. The third kappa shape index (κ3) is 2.17. The molecule has 0 aliphatic carbocycles. The molecule has 0 bridgehead atoms. The summed E-state index contributed by atoms with van der Waals surface area (Å²) in [6.45, 7) is 2.32. The molecule has 1 aromatic rings. The van der Waals surface area contributed by atoms with Gasteiger partial charge in [0.1, 0.15) is 0 Å². The Balaban J connectivity index is 2.32. The number of benzene rings is 1. The summed E-state index contributed by atoms with van der Waals surface area (Å²) in [4.78, 5) is 23.6. The molecule has 1 saturated heterocycles. The molecule has 0 N–H and O–H groups in total. The first-order valence-corrected chi connectivity index (χ1v) is 6.13. The summed E-state index contributed by atoms with van der Waals surface area (Å²) in [7, 11) is 0. The minimum atomic E-state index is -0.418. The van der Waals surface area contributed by atoms with Gasteiger partial charge in [0.05, 0.1) is 9.75 Å². The number of carbonyl (C=O) groups is 1. The van der Waals surface area contributed by atoms with E-state index in [1.165, 1.54) is 6.07 Å². The molecule has 2 rings (SSSR count). The Kier molecular flexibility index (Phi) is 3.15. The monoisotopic (exact) mass is 298 g/mol. The Morgan fingerprint density at radius 1 is 1.53 bits per heavy atom. The van der Waals surface area contributed by atoms with Gasteiger partial charge in [-0.2, -0.15) is 0 Å². The van der Waals surface area contributed by atoms with Crippen LogP contribution < -0.4 is 4.90 Å². The highest BCUT2D eigenvalue weighted by Gasteiger charge is 2.30. The molecule has 0 aromatic heterocycles. The molecule has 0 radical (unpaired) electrons. The number of alkyl halides is 1. The van der Waals surface area contributed by atoms with Gasteiger partial charge < -0.3 is 4.90 Å². The topological polar surface area (TPSA) is 63.5 Å². The summed E-state index contributed by atoms with van der Waals surface area (Å²) < 4.78 is 0. The Bertz CT molecular complexity index is 490. The van der Waals surface area contributed by atoms with Crippen LogP contribution in [0.5, 0.6) is 0 Å². The first-order valence-electron chi connectivity index (χ1n) is 5.21. The van der Waals surface area contributed by atoms with Crippen molar-refractivity contribution in [1.82, 2.24) is 0 Å². The summed E-state index contributed by atoms with van der Waals surface area (Å²) in [5, 5.41) is 10.7. The molecule has 1 amide bonds. The number of aryl methyl sites for hydroxylation is 1. The highest BCUT2D eigenvalue weighted by atomic mass is 79.9. The first kappa shape index (κ1) is 12.0. The van der Waals surface area contributed by atoms with Crippen molar-refractivity contribution in [2.24, 2.45) is 0 Å². The molecule has 1 aromatic carbocycles. The summed E-state index contributed by atoms with van der Waals surface area (Å²) in [5.41, 5.74) is 1.37. The number of halogens is 1. The van der Waals surface area contributed by atoms with Crippen molar-refractivity contribution in [1.29, 1.82) is 0 Å². The third-order valence-electron chi connectivity index (χ3n) is 2.83. The van der Waals surface area contributed by atoms with Crippen LogP contribution in [0.1, 0.15) is 12.0 Å². The number of hydrogen-bond acceptors (Lipinski definition) is 3. The van der Waals surface area contributed by atoms with Crippen molar-refractivity contribution >= 4 is 33.2 Å². The van der Waals surface area contributed by atoms with E-state index in [4.69, 9.17) is 0 Å². The second kappa shape index (κ2) is 4.44. The van der Waals surface area contributed by atoms with Crippen LogP contribution >= 0.6 is 15.9 Å². The van der Waals surface area contributed by atoms with E-state index in [2.05, 4.69) is 15.9 Å². The van der Waals surface area contributed by atoms with E-state index in [0.717, 1.165) is 12.1 Å². The van der Waals surface area contributed by atoms with E-state index < -0.39 is 4.92 Å². The third-order valence-corrected chi connectivity index (χ3v) is 3.68. The fourth-order valence-electron chi connectivity index (χ4n) is 1.91. The van der Waals surface area contributed by atoms with Gasteiger partial charge in [-0.3, -0.25) is 14.9 Å². The molecule has 5 nitrogen and oxygen atoms in total. The van der Waals surface area contributed by atoms with Crippen molar-refractivity contribution in [3.05, 3.63) is 33.9 Å². The lowest BCUT2D eigenvalue weighted by molar-refractivity contribution is -0.385. The lowest BCUT2D eigenvalue weighted by Crippen LogP contribution is -2.27. The van der Waals surface area contributed by atoms with Gasteiger partial charge in [0.25, 0.3) is 5.69 Å². The molecule has 1 heterocycles. The Morgan fingerprint density at radius 2 is 2.24 bits per heavy atom. The van der Waals surface area contributed by atoms with Gasteiger partial charge in [0.15, 0.2) is 0 Å². The number of nitrogens with zero attached hydrogens (tertiary/aromatic N) is 2. The summed E-state index contributed by atoms with van der Waals surface area (Å²) in [5.74, 6) is 0.0123. The quantitative estimate of drug-likeness (QED) is 0.478. The number of carbonyl (C=O) groups excluding carboxylic acids is 1. The number of amides is 1. The van der Waals surface area contributed by atoms with E-state index in [1.807, 2.05) is 0 Å². The van der Waals surface area contributed by atoms with Crippen LogP contribution in [0.2, 0.25) is 0 Å². The minimum absolute atomic E-state index is 0.0123. The highest BCUT2D eigenvalue weighted by molar-refractivity contribution is 9.10. The largest absolute Gasteiger partial charge is 0.311 e. The Hall–Kier alpha value is -1.43. The zero-order valence-corrected chi connectivity index (χ0v) is 10.8. The van der Waals surface area contributed by atoms with Crippen molar-refractivity contribution in [2.75, 3.05) is 11.4 Å². The van der Waals surface area contributed by atoms with Crippen molar-refractivity contribution in [3.8, 4) is 0 Å². The molecule has 17 heavy (non-hydrogen) atoms. The zero-order valence-electron chi connectivity index (χ0n) is 9.22. The summed E-state index contributed by atoms with van der Waals surface area (Å²) in [6.07, 6.45) is 0.759. The highest BCUT2D eigenvalue weighted by Crippen LogP contribution is 2.29. The van der Waals surface area contributed by atoms with Crippen LogP contribution in [0.3, 0.4) is 0 Å². The first-order chi connectivity index (χ1) is 8.00. The Morgan fingerprint density at radius 3 is 2.71 bits per heavy atom. The van der Waals surface area contributed by atoms with Gasteiger partial charge in [-0.05, 0) is 25.5 Å². The maximum atomic E-state index is 11.8. The average Bonchev–Trinajstić information content (AvgIpc) is 2.59. The molecular formula is C11H11BrN2O3. The fraction of sp³-hybridized carbons (Fsp3) is 0.364. The molecule has 0 spiro atoms. The lowest BCUT2D eigenvalue weighted by Gasteiger charge is -2.16. The maximum absolute atomic E-state index is 11.8. The van der Waals surface area contributed by atoms with Crippen LogP contribution in [0.15, 0.2) is 18.2 Å². The van der Waals surface area contributed by atoms with Crippen LogP contribution in [0, 0.1) is 17.0 Å². The summed E-state index contributed by atoms with van der Waals surface area (Å²) >= 11 is 3.30. The van der Waals surface area contributed by atoms with E-state index in [0.29, 0.717) is 12.1 Å². The van der Waals surface area contributed by atoms with E-state index in [1.54, 1.807) is 24.0 Å². The predicted octanol–water partition coefficient (Wildman–Crippen LogP) is 2.40. The maximum Gasteiger partial charge on any atom is 0.272 e. The molecule has 1 fully saturated rings. The molecular weight excluding hydrogens is 288 g/mol. The zero-order chi connectivity index (χ0) is 12.6. The van der Waals surface area contributed by atoms with E-state index in [-0.39, 0.29) is 16.4 Å².